The van der Waals surface area contributed by atoms with Gasteiger partial charge < -0.3 is 4.74 Å². The number of hydrogen-bond donors (Lipinski definition) is 1. The van der Waals surface area contributed by atoms with Crippen LogP contribution in [0.1, 0.15) is 0 Å². The van der Waals surface area contributed by atoms with Crippen molar-refractivity contribution in [2.75, 3.05) is 11.9 Å². The summed E-state index contributed by atoms with van der Waals surface area (Å²) in [5, 5.41) is 5.51. The van der Waals surface area contributed by atoms with E-state index in [1.807, 2.05) is 17.5 Å². The number of nitrogens with one attached hydrogen (secondary N) is 1. The Balaban J connectivity index is 1.57. The SMILES string of the molecule is O=C(COc1ccccc1Cl)Nc1nc(-c2cccs2)ns1. The van der Waals surface area contributed by atoms with Crippen LogP contribution in [0.5, 0.6) is 5.75 Å². The first-order valence-electron chi connectivity index (χ1n) is 6.27. The second-order valence-corrected chi connectivity index (χ2v) is 6.27. The number of nitrogens with zero attached hydrogens (tertiary/aromatic N) is 2. The van der Waals surface area contributed by atoms with Crippen LogP contribution in [-0.2, 0) is 4.79 Å². The molecular formula is C14H10ClN3O2S2. The molecular weight excluding hydrogens is 342 g/mol. The maximum atomic E-state index is 11.9. The summed E-state index contributed by atoms with van der Waals surface area (Å²) in [7, 11) is 0. The molecule has 0 spiro atoms. The number of aromatic nitrogens is 2. The Morgan fingerprint density at radius 3 is 2.91 bits per heavy atom. The van der Waals surface area contributed by atoms with E-state index in [-0.39, 0.29) is 12.5 Å². The summed E-state index contributed by atoms with van der Waals surface area (Å²) in [5.41, 5.74) is 0. The Morgan fingerprint density at radius 1 is 1.27 bits per heavy atom. The van der Waals surface area contributed by atoms with Gasteiger partial charge in [-0.1, -0.05) is 29.8 Å². The van der Waals surface area contributed by atoms with Gasteiger partial charge in [0.25, 0.3) is 5.91 Å². The average molecular weight is 352 g/mol. The molecule has 1 N–H and O–H groups in total. The maximum Gasteiger partial charge on any atom is 0.264 e. The number of rotatable bonds is 5. The predicted octanol–water partition coefficient (Wildman–Crippen LogP) is 3.94. The van der Waals surface area contributed by atoms with Crippen LogP contribution in [0.4, 0.5) is 5.13 Å². The fraction of sp³-hybridized carbons (Fsp3) is 0.0714. The van der Waals surface area contributed by atoms with Gasteiger partial charge in [-0.3, -0.25) is 10.1 Å². The zero-order valence-corrected chi connectivity index (χ0v) is 13.5. The van der Waals surface area contributed by atoms with Crippen LogP contribution in [0.3, 0.4) is 0 Å². The van der Waals surface area contributed by atoms with Gasteiger partial charge in [0.15, 0.2) is 12.4 Å². The monoisotopic (exact) mass is 351 g/mol. The average Bonchev–Trinajstić information content (AvgIpc) is 3.17. The van der Waals surface area contributed by atoms with Crippen LogP contribution in [0.2, 0.25) is 5.02 Å². The molecule has 0 aliphatic carbocycles. The molecule has 1 aromatic carbocycles. The second-order valence-electron chi connectivity index (χ2n) is 4.17. The lowest BCUT2D eigenvalue weighted by Gasteiger charge is -2.06. The molecule has 0 aliphatic rings. The molecule has 112 valence electrons. The van der Waals surface area contributed by atoms with E-state index in [0.29, 0.717) is 21.7 Å². The summed E-state index contributed by atoms with van der Waals surface area (Å²) in [6.45, 7) is -0.141. The fourth-order valence-electron chi connectivity index (χ4n) is 1.64. The highest BCUT2D eigenvalue weighted by atomic mass is 35.5. The third-order valence-electron chi connectivity index (χ3n) is 2.61. The van der Waals surface area contributed by atoms with Gasteiger partial charge in [-0.15, -0.1) is 11.3 Å². The summed E-state index contributed by atoms with van der Waals surface area (Å²) in [6, 6.07) is 10.8. The van der Waals surface area contributed by atoms with E-state index in [9.17, 15) is 4.79 Å². The molecule has 3 aromatic rings. The number of anilines is 1. The highest BCUT2D eigenvalue weighted by molar-refractivity contribution is 7.14. The van der Waals surface area contributed by atoms with Crippen LogP contribution >= 0.6 is 34.5 Å². The molecule has 0 radical (unpaired) electrons. The number of hydrogen-bond acceptors (Lipinski definition) is 6. The Morgan fingerprint density at radius 2 is 2.14 bits per heavy atom. The molecule has 0 bridgehead atoms. The number of benzene rings is 1. The van der Waals surface area contributed by atoms with Crippen LogP contribution in [0.25, 0.3) is 10.7 Å². The highest BCUT2D eigenvalue weighted by Gasteiger charge is 2.11. The Labute approximate surface area is 139 Å². The van der Waals surface area contributed by atoms with Crippen molar-refractivity contribution in [1.29, 1.82) is 0 Å². The van der Waals surface area contributed by atoms with Crippen molar-refractivity contribution in [3.8, 4) is 16.5 Å². The number of halogens is 1. The van der Waals surface area contributed by atoms with E-state index < -0.39 is 0 Å². The topological polar surface area (TPSA) is 64.1 Å². The van der Waals surface area contributed by atoms with Gasteiger partial charge in [0, 0.05) is 11.5 Å². The van der Waals surface area contributed by atoms with Gasteiger partial charge in [0.05, 0.1) is 9.90 Å². The molecule has 0 atom stereocenters. The van der Waals surface area contributed by atoms with Crippen LogP contribution < -0.4 is 10.1 Å². The first-order valence-corrected chi connectivity index (χ1v) is 8.30. The molecule has 3 rings (SSSR count). The summed E-state index contributed by atoms with van der Waals surface area (Å²) < 4.78 is 9.57. The fourth-order valence-corrected chi connectivity index (χ4v) is 3.15. The molecule has 0 saturated heterocycles. The van der Waals surface area contributed by atoms with Gasteiger partial charge >= 0.3 is 0 Å². The number of amides is 1. The Hall–Kier alpha value is -1.96. The Kier molecular flexibility index (Phi) is 4.67. The van der Waals surface area contributed by atoms with E-state index >= 15 is 0 Å². The molecule has 0 fully saturated rings. The third kappa shape index (κ3) is 3.62. The van der Waals surface area contributed by atoms with E-state index in [1.54, 1.807) is 35.6 Å². The minimum absolute atomic E-state index is 0.141. The normalized spacial score (nSPS) is 10.4. The predicted molar refractivity (Wildman–Crippen MR) is 88.8 cm³/mol. The first-order chi connectivity index (χ1) is 10.7. The van der Waals surface area contributed by atoms with Crippen molar-refractivity contribution in [3.63, 3.8) is 0 Å². The van der Waals surface area contributed by atoms with Crippen molar-refractivity contribution in [2.24, 2.45) is 0 Å². The molecule has 22 heavy (non-hydrogen) atoms. The molecule has 0 unspecified atom stereocenters. The number of para-hydroxylation sites is 1. The minimum Gasteiger partial charge on any atom is -0.482 e. The lowest BCUT2D eigenvalue weighted by molar-refractivity contribution is -0.118. The van der Waals surface area contributed by atoms with Crippen LogP contribution in [0, 0.1) is 0 Å². The number of thiophene rings is 1. The van der Waals surface area contributed by atoms with Crippen molar-refractivity contribution in [3.05, 3.63) is 46.8 Å². The standard InChI is InChI=1S/C14H10ClN3O2S2/c15-9-4-1-2-5-10(9)20-8-12(19)16-14-17-13(18-22-14)11-6-3-7-21-11/h1-7H,8H2,(H,16,17,18,19). The molecule has 8 heteroatoms. The van der Waals surface area contributed by atoms with Crippen molar-refractivity contribution < 1.29 is 9.53 Å². The molecule has 2 heterocycles. The Bertz CT molecular complexity index is 774. The molecule has 0 saturated carbocycles. The van der Waals surface area contributed by atoms with Crippen molar-refractivity contribution >= 4 is 45.5 Å². The maximum absolute atomic E-state index is 11.9. The zero-order valence-electron chi connectivity index (χ0n) is 11.2. The number of ether oxygens (including phenoxy) is 1. The molecule has 2 aromatic heterocycles. The van der Waals surface area contributed by atoms with E-state index in [4.69, 9.17) is 16.3 Å². The molecule has 1 amide bonds. The number of carbonyl (C=O) groups is 1. The lowest BCUT2D eigenvalue weighted by atomic mass is 10.3. The van der Waals surface area contributed by atoms with Crippen molar-refractivity contribution in [2.45, 2.75) is 0 Å². The van der Waals surface area contributed by atoms with E-state index in [0.717, 1.165) is 16.4 Å². The molecule has 5 nitrogen and oxygen atoms in total. The summed E-state index contributed by atoms with van der Waals surface area (Å²) in [4.78, 5) is 17.1. The summed E-state index contributed by atoms with van der Waals surface area (Å²) in [6.07, 6.45) is 0. The van der Waals surface area contributed by atoms with Gasteiger partial charge in [-0.25, -0.2) is 0 Å². The van der Waals surface area contributed by atoms with E-state index in [1.165, 1.54) is 0 Å². The van der Waals surface area contributed by atoms with Gasteiger partial charge in [0.1, 0.15) is 5.75 Å². The van der Waals surface area contributed by atoms with Gasteiger partial charge in [0.2, 0.25) is 5.13 Å². The number of carbonyl (C=O) groups excluding carboxylic acids is 1. The quantitative estimate of drug-likeness (QED) is 0.756. The highest BCUT2D eigenvalue weighted by Crippen LogP contribution is 2.25. The lowest BCUT2D eigenvalue weighted by Crippen LogP contribution is -2.20. The second kappa shape index (κ2) is 6.87. The largest absolute Gasteiger partial charge is 0.482 e. The van der Waals surface area contributed by atoms with Gasteiger partial charge in [-0.05, 0) is 23.6 Å². The molecule has 0 aliphatic heterocycles. The summed E-state index contributed by atoms with van der Waals surface area (Å²) >= 11 is 8.63. The minimum atomic E-state index is -0.311. The van der Waals surface area contributed by atoms with Crippen LogP contribution in [-0.4, -0.2) is 21.9 Å². The van der Waals surface area contributed by atoms with Gasteiger partial charge in [-0.2, -0.15) is 9.36 Å². The smallest absolute Gasteiger partial charge is 0.264 e. The van der Waals surface area contributed by atoms with Crippen molar-refractivity contribution in [1.82, 2.24) is 9.36 Å². The zero-order chi connectivity index (χ0) is 15.4. The summed E-state index contributed by atoms with van der Waals surface area (Å²) in [5.74, 6) is 0.770. The van der Waals surface area contributed by atoms with E-state index in [2.05, 4.69) is 14.7 Å². The third-order valence-corrected chi connectivity index (χ3v) is 4.42. The first kappa shape index (κ1) is 15.0. The van der Waals surface area contributed by atoms with Crippen LogP contribution in [0.15, 0.2) is 41.8 Å².